The number of ether oxygens (including phenoxy) is 2. The van der Waals surface area contributed by atoms with Crippen LogP contribution in [0.25, 0.3) is 0 Å². The van der Waals surface area contributed by atoms with E-state index >= 15 is 0 Å². The highest BCUT2D eigenvalue weighted by molar-refractivity contribution is 14.0. The third kappa shape index (κ3) is 8.96. The molecule has 0 aliphatic carbocycles. The summed E-state index contributed by atoms with van der Waals surface area (Å²) in [5.41, 5.74) is -0.938. The van der Waals surface area contributed by atoms with Gasteiger partial charge in [0.2, 0.25) is 5.88 Å². The lowest BCUT2D eigenvalue weighted by Crippen LogP contribution is -2.46. The number of aliphatic imine (C=N–C) groups is 1. The van der Waals surface area contributed by atoms with Crippen LogP contribution in [0.2, 0.25) is 0 Å². The van der Waals surface area contributed by atoms with Crippen LogP contribution in [-0.4, -0.2) is 50.9 Å². The van der Waals surface area contributed by atoms with E-state index in [9.17, 15) is 13.2 Å². The van der Waals surface area contributed by atoms with Crippen molar-refractivity contribution in [3.05, 3.63) is 23.9 Å². The fourth-order valence-electron chi connectivity index (χ4n) is 2.19. The van der Waals surface area contributed by atoms with Gasteiger partial charge in [-0.3, -0.25) is 4.99 Å². The Labute approximate surface area is 175 Å². The van der Waals surface area contributed by atoms with Crippen molar-refractivity contribution in [2.45, 2.75) is 33.1 Å². The quantitative estimate of drug-likeness (QED) is 0.258. The first kappa shape index (κ1) is 25.7. The molecule has 2 N–H and O–H groups in total. The molecule has 156 valence electrons. The van der Waals surface area contributed by atoms with Gasteiger partial charge < -0.3 is 20.1 Å². The molecule has 0 aliphatic heterocycles. The van der Waals surface area contributed by atoms with E-state index in [1.807, 2.05) is 0 Å². The zero-order chi connectivity index (χ0) is 19.8. The number of nitrogens with one attached hydrogen (secondary N) is 2. The first-order valence-electron chi connectivity index (χ1n) is 8.22. The second-order valence-corrected chi connectivity index (χ2v) is 6.67. The number of halogens is 4. The highest BCUT2D eigenvalue weighted by atomic mass is 127. The summed E-state index contributed by atoms with van der Waals surface area (Å²) in [4.78, 5) is 7.71. The van der Waals surface area contributed by atoms with Gasteiger partial charge in [-0.1, -0.05) is 20.8 Å². The molecule has 10 heteroatoms. The summed E-state index contributed by atoms with van der Waals surface area (Å²) in [5, 5.41) is 6.10. The van der Waals surface area contributed by atoms with Crippen molar-refractivity contribution in [2.75, 3.05) is 33.9 Å². The van der Waals surface area contributed by atoms with Gasteiger partial charge in [-0.15, -0.1) is 24.0 Å². The van der Waals surface area contributed by atoms with Crippen LogP contribution in [0.5, 0.6) is 5.88 Å². The Morgan fingerprint density at radius 3 is 2.44 bits per heavy atom. The molecule has 1 heterocycles. The van der Waals surface area contributed by atoms with Crippen LogP contribution in [0, 0.1) is 5.41 Å². The summed E-state index contributed by atoms with van der Waals surface area (Å²) in [5.74, 6) is 0.0777. The van der Waals surface area contributed by atoms with Crippen molar-refractivity contribution in [2.24, 2.45) is 10.4 Å². The predicted molar refractivity (Wildman–Crippen MR) is 110 cm³/mol. The van der Waals surface area contributed by atoms with Crippen LogP contribution in [0.3, 0.4) is 0 Å². The predicted octanol–water partition coefficient (Wildman–Crippen LogP) is 3.32. The Balaban J connectivity index is 0.00000676. The zero-order valence-corrected chi connectivity index (χ0v) is 18.5. The van der Waals surface area contributed by atoms with E-state index in [2.05, 4.69) is 41.4 Å². The smallest absolute Gasteiger partial charge is 0.421 e. The topological polar surface area (TPSA) is 67.8 Å². The normalized spacial score (nSPS) is 13.6. The van der Waals surface area contributed by atoms with Crippen LogP contribution < -0.4 is 15.4 Å². The van der Waals surface area contributed by atoms with E-state index in [0.717, 1.165) is 6.07 Å². The summed E-state index contributed by atoms with van der Waals surface area (Å²) < 4.78 is 49.2. The molecule has 0 fully saturated rings. The van der Waals surface area contributed by atoms with Crippen LogP contribution in [-0.2, 0) is 10.9 Å². The van der Waals surface area contributed by atoms with Crippen LogP contribution >= 0.6 is 24.0 Å². The molecule has 6 nitrogen and oxygen atoms in total. The summed E-state index contributed by atoms with van der Waals surface area (Å²) in [6.07, 6.45) is -3.27. The molecule has 1 aromatic rings. The average Bonchev–Trinajstić information content (AvgIpc) is 2.55. The molecular formula is C17H28F3IN4O2. The number of rotatable bonds is 7. The first-order chi connectivity index (χ1) is 12.1. The van der Waals surface area contributed by atoms with Crippen LogP contribution in [0.4, 0.5) is 13.2 Å². The maximum atomic E-state index is 12.9. The molecule has 0 saturated carbocycles. The molecule has 27 heavy (non-hydrogen) atoms. The number of nitrogens with zero attached hydrogens (tertiary/aromatic N) is 2. The van der Waals surface area contributed by atoms with Gasteiger partial charge in [-0.25, -0.2) is 4.98 Å². The molecule has 0 saturated heterocycles. The Morgan fingerprint density at radius 2 is 1.93 bits per heavy atom. The Bertz CT molecular complexity index is 592. The van der Waals surface area contributed by atoms with Gasteiger partial charge in [-0.05, 0) is 17.5 Å². The molecule has 0 radical (unpaired) electrons. The number of alkyl halides is 3. The summed E-state index contributed by atoms with van der Waals surface area (Å²) in [7, 11) is 3.25. The Kier molecular flexibility index (Phi) is 11.0. The molecule has 0 bridgehead atoms. The third-order valence-corrected chi connectivity index (χ3v) is 3.64. The summed E-state index contributed by atoms with van der Waals surface area (Å²) >= 11 is 0. The SMILES string of the molecule is CN=C(NCCOc1ncccc1C(F)(F)F)NCC(OC)C(C)(C)C.I. The molecule has 1 rings (SSSR count). The van der Waals surface area contributed by atoms with Gasteiger partial charge in [-0.2, -0.15) is 13.2 Å². The first-order valence-corrected chi connectivity index (χ1v) is 8.22. The fraction of sp³-hybridized carbons (Fsp3) is 0.647. The maximum absolute atomic E-state index is 12.9. The van der Waals surface area contributed by atoms with Crippen molar-refractivity contribution in [3.63, 3.8) is 0 Å². The lowest BCUT2D eigenvalue weighted by molar-refractivity contribution is -0.139. The van der Waals surface area contributed by atoms with Crippen molar-refractivity contribution >= 4 is 29.9 Å². The van der Waals surface area contributed by atoms with Crippen LogP contribution in [0.15, 0.2) is 23.3 Å². The Hall–Kier alpha value is -1.30. The highest BCUT2D eigenvalue weighted by Gasteiger charge is 2.35. The minimum atomic E-state index is -4.50. The van der Waals surface area contributed by atoms with Crippen molar-refractivity contribution in [1.29, 1.82) is 0 Å². The van der Waals surface area contributed by atoms with Gasteiger partial charge >= 0.3 is 6.18 Å². The molecule has 0 aliphatic rings. The third-order valence-electron chi connectivity index (χ3n) is 3.64. The molecule has 0 amide bonds. The molecule has 1 atom stereocenters. The largest absolute Gasteiger partial charge is 0.475 e. The standard InChI is InChI=1S/C17H27F3N4O2.HI/c1-16(2,3)13(25-5)11-24-15(21-4)23-9-10-26-14-12(17(18,19)20)7-6-8-22-14;/h6-8,13H,9-11H2,1-5H3,(H2,21,23,24);1H. The number of methoxy groups -OCH3 is 1. The number of aromatic nitrogens is 1. The number of hydrogen-bond donors (Lipinski definition) is 2. The van der Waals surface area contributed by atoms with Gasteiger partial charge in [0.25, 0.3) is 0 Å². The number of guanidine groups is 1. The molecule has 1 unspecified atom stereocenters. The van der Waals surface area contributed by atoms with E-state index in [0.29, 0.717) is 12.5 Å². The molecular weight excluding hydrogens is 476 g/mol. The van der Waals surface area contributed by atoms with Gasteiger partial charge in [0.05, 0.1) is 12.6 Å². The van der Waals surface area contributed by atoms with E-state index in [1.165, 1.54) is 12.3 Å². The average molecular weight is 504 g/mol. The zero-order valence-electron chi connectivity index (χ0n) is 16.2. The van der Waals surface area contributed by atoms with Crippen LogP contribution in [0.1, 0.15) is 26.3 Å². The van der Waals surface area contributed by atoms with Crippen molar-refractivity contribution < 1.29 is 22.6 Å². The number of hydrogen-bond acceptors (Lipinski definition) is 4. The second-order valence-electron chi connectivity index (χ2n) is 6.67. The van der Waals surface area contributed by atoms with E-state index in [1.54, 1.807) is 14.2 Å². The van der Waals surface area contributed by atoms with Gasteiger partial charge in [0.1, 0.15) is 12.2 Å². The molecule has 0 aromatic carbocycles. The lowest BCUT2D eigenvalue weighted by Gasteiger charge is -2.30. The second kappa shape index (κ2) is 11.5. The molecule has 1 aromatic heterocycles. The summed E-state index contributed by atoms with van der Waals surface area (Å²) in [6.45, 7) is 7.02. The van der Waals surface area contributed by atoms with Gasteiger partial charge in [0.15, 0.2) is 5.96 Å². The molecule has 0 spiro atoms. The van der Waals surface area contributed by atoms with Crippen molar-refractivity contribution in [1.82, 2.24) is 15.6 Å². The van der Waals surface area contributed by atoms with E-state index in [4.69, 9.17) is 9.47 Å². The lowest BCUT2D eigenvalue weighted by atomic mass is 9.89. The van der Waals surface area contributed by atoms with Gasteiger partial charge in [0, 0.05) is 26.9 Å². The van der Waals surface area contributed by atoms with E-state index < -0.39 is 17.6 Å². The summed E-state index contributed by atoms with van der Waals surface area (Å²) in [6, 6.07) is 2.16. The number of pyridine rings is 1. The maximum Gasteiger partial charge on any atom is 0.421 e. The monoisotopic (exact) mass is 504 g/mol. The van der Waals surface area contributed by atoms with E-state index in [-0.39, 0.29) is 48.6 Å². The minimum Gasteiger partial charge on any atom is -0.475 e. The fourth-order valence-corrected chi connectivity index (χ4v) is 2.19. The van der Waals surface area contributed by atoms with Crippen molar-refractivity contribution in [3.8, 4) is 5.88 Å². The minimum absolute atomic E-state index is 0. The highest BCUT2D eigenvalue weighted by Crippen LogP contribution is 2.34. The Morgan fingerprint density at radius 1 is 1.26 bits per heavy atom.